The Morgan fingerprint density at radius 2 is 1.95 bits per heavy atom. The van der Waals surface area contributed by atoms with Gasteiger partial charge in [-0.1, -0.05) is 30.3 Å². The Labute approximate surface area is 131 Å². The minimum absolute atomic E-state index is 0.494. The van der Waals surface area contributed by atoms with Gasteiger partial charge in [0.15, 0.2) is 4.77 Å². The molecule has 4 nitrogen and oxygen atoms in total. The van der Waals surface area contributed by atoms with E-state index in [1.165, 1.54) is 11.3 Å². The zero-order chi connectivity index (χ0) is 14.8. The Kier molecular flexibility index (Phi) is 4.24. The van der Waals surface area contributed by atoms with E-state index in [1.54, 1.807) is 0 Å². The average molecular weight is 302 g/mol. The first-order valence-electron chi connectivity index (χ1n) is 7.37. The van der Waals surface area contributed by atoms with Crippen molar-refractivity contribution in [1.82, 2.24) is 19.4 Å². The smallest absolute Gasteiger partial charge is 0.177 e. The van der Waals surface area contributed by atoms with Crippen LogP contribution in [-0.4, -0.2) is 59.1 Å². The maximum atomic E-state index is 5.48. The predicted molar refractivity (Wildman–Crippen MR) is 89.0 cm³/mol. The van der Waals surface area contributed by atoms with Crippen LogP contribution in [0.1, 0.15) is 0 Å². The number of likely N-dealkylation sites (N-methyl/N-ethyl adjacent to an activating group) is 2. The van der Waals surface area contributed by atoms with Crippen molar-refractivity contribution >= 4 is 12.2 Å². The summed E-state index contributed by atoms with van der Waals surface area (Å²) in [5.41, 5.74) is 2.37. The summed E-state index contributed by atoms with van der Waals surface area (Å²) in [7, 11) is 4.39. The Balaban J connectivity index is 1.89. The molecule has 0 radical (unpaired) electrons. The van der Waals surface area contributed by atoms with Gasteiger partial charge in [-0.25, -0.2) is 0 Å². The fourth-order valence-corrected chi connectivity index (χ4v) is 3.17. The molecule has 3 rings (SSSR count). The second-order valence-electron chi connectivity index (χ2n) is 5.85. The Morgan fingerprint density at radius 3 is 2.71 bits per heavy atom. The van der Waals surface area contributed by atoms with Crippen LogP contribution < -0.4 is 0 Å². The molecule has 1 unspecified atom stereocenters. The third kappa shape index (κ3) is 3.10. The van der Waals surface area contributed by atoms with Gasteiger partial charge in [-0.3, -0.25) is 4.90 Å². The van der Waals surface area contributed by atoms with Gasteiger partial charge >= 0.3 is 0 Å². The van der Waals surface area contributed by atoms with Crippen molar-refractivity contribution in [2.45, 2.75) is 12.6 Å². The number of nitrogens with one attached hydrogen (secondary N) is 1. The molecule has 112 valence electrons. The van der Waals surface area contributed by atoms with Gasteiger partial charge in [0.1, 0.15) is 0 Å². The van der Waals surface area contributed by atoms with Crippen LogP contribution in [-0.2, 0) is 6.54 Å². The Bertz CT molecular complexity index is 646. The minimum atomic E-state index is 0.494. The molecule has 1 N–H and O–H groups in total. The number of benzene rings is 1. The van der Waals surface area contributed by atoms with Gasteiger partial charge in [0.05, 0.1) is 5.69 Å². The van der Waals surface area contributed by atoms with Crippen LogP contribution in [0.4, 0.5) is 0 Å². The van der Waals surface area contributed by atoms with Crippen molar-refractivity contribution in [2.75, 3.05) is 33.7 Å². The third-order valence-electron chi connectivity index (χ3n) is 4.31. The first-order chi connectivity index (χ1) is 10.1. The summed E-state index contributed by atoms with van der Waals surface area (Å²) in [5, 5.41) is 0. The molecule has 1 aliphatic heterocycles. The van der Waals surface area contributed by atoms with Crippen molar-refractivity contribution in [3.8, 4) is 11.3 Å². The number of hydrogen-bond acceptors (Lipinski definition) is 3. The largest absolute Gasteiger partial charge is 0.337 e. The number of H-pyrrole nitrogens is 1. The lowest BCUT2D eigenvalue weighted by molar-refractivity contribution is 0.103. The third-order valence-corrected chi connectivity index (χ3v) is 4.65. The van der Waals surface area contributed by atoms with E-state index in [9.17, 15) is 0 Å². The van der Waals surface area contributed by atoms with Crippen molar-refractivity contribution in [3.05, 3.63) is 41.3 Å². The highest BCUT2D eigenvalue weighted by atomic mass is 32.1. The van der Waals surface area contributed by atoms with Crippen molar-refractivity contribution in [1.29, 1.82) is 0 Å². The lowest BCUT2D eigenvalue weighted by atomic mass is 10.1. The molecule has 5 heteroatoms. The van der Waals surface area contributed by atoms with Crippen LogP contribution in [0, 0.1) is 4.77 Å². The number of piperazine rings is 1. The summed E-state index contributed by atoms with van der Waals surface area (Å²) in [5.74, 6) is 0. The minimum Gasteiger partial charge on any atom is -0.337 e. The van der Waals surface area contributed by atoms with E-state index in [1.807, 2.05) is 12.3 Å². The van der Waals surface area contributed by atoms with Gasteiger partial charge in [-0.2, -0.15) is 0 Å². The number of imidazole rings is 1. The molecular weight excluding hydrogens is 280 g/mol. The van der Waals surface area contributed by atoms with Crippen LogP contribution in [0.15, 0.2) is 36.5 Å². The normalized spacial score (nSPS) is 20.8. The fraction of sp³-hybridized carbons (Fsp3) is 0.438. The zero-order valence-corrected chi connectivity index (χ0v) is 13.4. The molecule has 2 heterocycles. The summed E-state index contributed by atoms with van der Waals surface area (Å²) in [6, 6.07) is 10.9. The highest BCUT2D eigenvalue weighted by Gasteiger charge is 2.23. The highest BCUT2D eigenvalue weighted by Crippen LogP contribution is 2.21. The van der Waals surface area contributed by atoms with Gasteiger partial charge in [0.2, 0.25) is 0 Å². The molecule has 1 aliphatic rings. The van der Waals surface area contributed by atoms with Gasteiger partial charge in [-0.05, 0) is 31.9 Å². The van der Waals surface area contributed by atoms with Crippen LogP contribution in [0.5, 0.6) is 0 Å². The topological polar surface area (TPSA) is 27.2 Å². The molecule has 1 fully saturated rings. The van der Waals surface area contributed by atoms with Crippen molar-refractivity contribution in [3.63, 3.8) is 0 Å². The molecule has 0 aliphatic carbocycles. The van der Waals surface area contributed by atoms with Crippen molar-refractivity contribution in [2.24, 2.45) is 0 Å². The second kappa shape index (κ2) is 6.13. The molecule has 0 saturated carbocycles. The summed E-state index contributed by atoms with van der Waals surface area (Å²) < 4.78 is 3.03. The monoisotopic (exact) mass is 302 g/mol. The fourth-order valence-electron chi connectivity index (χ4n) is 2.93. The molecule has 1 atom stereocenters. The molecule has 0 amide bonds. The number of nitrogens with zero attached hydrogens (tertiary/aromatic N) is 3. The first-order valence-corrected chi connectivity index (χ1v) is 7.78. The molecule has 21 heavy (non-hydrogen) atoms. The molecular formula is C16H22N4S. The molecule has 2 aromatic rings. The molecule has 1 aromatic carbocycles. The van der Waals surface area contributed by atoms with Crippen LogP contribution in [0.3, 0.4) is 0 Å². The van der Waals surface area contributed by atoms with E-state index in [0.717, 1.165) is 31.0 Å². The standard InChI is InChI=1S/C16H22N4S/c1-18-8-9-19(2)14(11-18)12-20-15(10-17-16(20)21)13-6-4-3-5-7-13/h3-7,10,14H,8-9,11-12H2,1-2H3,(H,17,21). The zero-order valence-electron chi connectivity index (χ0n) is 12.6. The van der Waals surface area contributed by atoms with Crippen LogP contribution in [0.2, 0.25) is 0 Å². The number of aromatic nitrogens is 2. The molecule has 1 saturated heterocycles. The predicted octanol–water partition coefficient (Wildman–Crippen LogP) is 2.46. The lowest BCUT2D eigenvalue weighted by Crippen LogP contribution is -2.51. The molecule has 0 spiro atoms. The molecule has 1 aromatic heterocycles. The Hall–Kier alpha value is -1.43. The van der Waals surface area contributed by atoms with Gasteiger partial charge in [0, 0.05) is 38.4 Å². The van der Waals surface area contributed by atoms with Gasteiger partial charge < -0.3 is 14.5 Å². The highest BCUT2D eigenvalue weighted by molar-refractivity contribution is 7.71. The quantitative estimate of drug-likeness (QED) is 0.883. The summed E-state index contributed by atoms with van der Waals surface area (Å²) >= 11 is 5.48. The van der Waals surface area contributed by atoms with Gasteiger partial charge in [0.25, 0.3) is 0 Å². The van der Waals surface area contributed by atoms with E-state index in [-0.39, 0.29) is 0 Å². The van der Waals surface area contributed by atoms with Crippen molar-refractivity contribution < 1.29 is 0 Å². The van der Waals surface area contributed by atoms with E-state index in [0.29, 0.717) is 6.04 Å². The SMILES string of the molecule is CN1CCN(C)C(Cn2c(-c3ccccc3)c[nH]c2=S)C1. The maximum Gasteiger partial charge on any atom is 0.177 e. The number of aromatic amines is 1. The summed E-state index contributed by atoms with van der Waals surface area (Å²) in [6.45, 7) is 4.25. The van der Waals surface area contributed by atoms with Gasteiger partial charge in [-0.15, -0.1) is 0 Å². The number of rotatable bonds is 3. The van der Waals surface area contributed by atoms with E-state index in [2.05, 4.69) is 57.7 Å². The summed E-state index contributed by atoms with van der Waals surface area (Å²) in [6.07, 6.45) is 2.02. The Morgan fingerprint density at radius 1 is 1.19 bits per heavy atom. The van der Waals surface area contributed by atoms with Crippen LogP contribution in [0.25, 0.3) is 11.3 Å². The van der Waals surface area contributed by atoms with E-state index >= 15 is 0 Å². The maximum absolute atomic E-state index is 5.48. The lowest BCUT2D eigenvalue weighted by Gasteiger charge is -2.38. The average Bonchev–Trinajstić information content (AvgIpc) is 2.85. The molecule has 0 bridgehead atoms. The first kappa shape index (κ1) is 14.5. The van der Waals surface area contributed by atoms with E-state index in [4.69, 9.17) is 12.2 Å². The van der Waals surface area contributed by atoms with Crippen LogP contribution >= 0.6 is 12.2 Å². The number of hydrogen-bond donors (Lipinski definition) is 1. The summed E-state index contributed by atoms with van der Waals surface area (Å²) in [4.78, 5) is 8.02. The second-order valence-corrected chi connectivity index (χ2v) is 6.24. The van der Waals surface area contributed by atoms with E-state index < -0.39 is 0 Å².